The molecule has 43 heavy (non-hydrogen) atoms. The fourth-order valence-electron chi connectivity index (χ4n) is 8.69. The zero-order chi connectivity index (χ0) is 28.4. The molecule has 0 bridgehead atoms. The molecule has 0 heterocycles. The van der Waals surface area contributed by atoms with Gasteiger partial charge in [0.2, 0.25) is 0 Å². The summed E-state index contributed by atoms with van der Waals surface area (Å²) in [6, 6.07) is 29.4. The summed E-state index contributed by atoms with van der Waals surface area (Å²) in [6.07, 6.45) is 35.3. The third kappa shape index (κ3) is 3.56. The van der Waals surface area contributed by atoms with E-state index in [4.69, 9.17) is 0 Å². The van der Waals surface area contributed by atoms with Gasteiger partial charge in [-0.15, -0.1) is 0 Å². The molecular weight excluding hydrogens is 516 g/mol. The lowest BCUT2D eigenvalue weighted by molar-refractivity contribution is 0.663. The molecule has 0 amide bonds. The molecular formula is C43H34. The Morgan fingerprint density at radius 1 is 0.581 bits per heavy atom. The van der Waals surface area contributed by atoms with E-state index >= 15 is 0 Å². The Labute approximate surface area is 254 Å². The number of hydrogen-bond acceptors (Lipinski definition) is 0. The minimum atomic E-state index is -0.0634. The van der Waals surface area contributed by atoms with Crippen molar-refractivity contribution >= 4 is 27.1 Å². The average Bonchev–Trinajstić information content (AvgIpc) is 3.79. The second kappa shape index (κ2) is 9.41. The van der Waals surface area contributed by atoms with Crippen LogP contribution >= 0.6 is 0 Å². The smallest absolute Gasteiger partial charge is 0.0291 e. The van der Waals surface area contributed by atoms with Crippen LogP contribution < -0.4 is 0 Å². The molecule has 0 radical (unpaired) electrons. The zero-order valence-corrected chi connectivity index (χ0v) is 24.2. The fraction of sp³-hybridized carbons (Fsp3) is 0.163. The lowest BCUT2D eigenvalue weighted by Gasteiger charge is -2.32. The summed E-state index contributed by atoms with van der Waals surface area (Å²) in [7, 11) is 0. The quantitative estimate of drug-likeness (QED) is 0.222. The topological polar surface area (TPSA) is 0 Å². The molecule has 1 fully saturated rings. The molecule has 0 aliphatic heterocycles. The standard InChI is InChI=1S/C43H34/c1-2-13-30(14-3-1)31-23-25-33(26-24-31)42-27-10-11-28-43(42,29-42)41-38-20-8-6-18-36(38)40(37-19-7-9-21-39(37)41)35-22-12-16-32-15-4-5-17-34(32)35/h1-23,25-28,31-32,34H,24,29H2/t31?,32?,34-,42?,43?/m0/s1. The first-order valence-electron chi connectivity index (χ1n) is 15.8. The van der Waals surface area contributed by atoms with E-state index in [1.807, 2.05) is 0 Å². The van der Waals surface area contributed by atoms with Gasteiger partial charge in [0.25, 0.3) is 0 Å². The van der Waals surface area contributed by atoms with Crippen molar-refractivity contribution in [2.75, 3.05) is 0 Å². The summed E-state index contributed by atoms with van der Waals surface area (Å²) in [4.78, 5) is 0. The van der Waals surface area contributed by atoms with E-state index < -0.39 is 0 Å². The zero-order valence-electron chi connectivity index (χ0n) is 24.2. The Balaban J connectivity index is 1.23. The van der Waals surface area contributed by atoms with Gasteiger partial charge in [0, 0.05) is 28.6 Å². The summed E-state index contributed by atoms with van der Waals surface area (Å²) >= 11 is 0. The van der Waals surface area contributed by atoms with Gasteiger partial charge in [-0.05, 0) is 62.2 Å². The highest BCUT2D eigenvalue weighted by Crippen LogP contribution is 2.73. The van der Waals surface area contributed by atoms with Crippen molar-refractivity contribution in [1.29, 1.82) is 0 Å². The molecule has 0 spiro atoms. The molecule has 5 aliphatic rings. The Morgan fingerprint density at radius 3 is 1.95 bits per heavy atom. The van der Waals surface area contributed by atoms with Gasteiger partial charge in [-0.3, -0.25) is 0 Å². The maximum absolute atomic E-state index is 2.53. The first-order valence-corrected chi connectivity index (χ1v) is 15.8. The van der Waals surface area contributed by atoms with E-state index in [-0.39, 0.29) is 10.8 Å². The van der Waals surface area contributed by atoms with Crippen molar-refractivity contribution in [3.63, 3.8) is 0 Å². The van der Waals surface area contributed by atoms with Gasteiger partial charge in [0.05, 0.1) is 0 Å². The highest BCUT2D eigenvalue weighted by Gasteiger charge is 2.68. The minimum Gasteiger partial charge on any atom is -0.0795 e. The van der Waals surface area contributed by atoms with E-state index in [2.05, 4.69) is 164 Å². The molecule has 4 aromatic rings. The van der Waals surface area contributed by atoms with Crippen LogP contribution in [0, 0.1) is 17.3 Å². The van der Waals surface area contributed by atoms with Crippen LogP contribution in [0.5, 0.6) is 0 Å². The Kier molecular flexibility index (Phi) is 5.45. The van der Waals surface area contributed by atoms with Crippen molar-refractivity contribution < 1.29 is 0 Å². The van der Waals surface area contributed by atoms with Crippen molar-refractivity contribution in [2.45, 2.75) is 24.2 Å². The minimum absolute atomic E-state index is 0.0121. The molecule has 4 unspecified atom stereocenters. The molecule has 1 saturated carbocycles. The van der Waals surface area contributed by atoms with Crippen molar-refractivity contribution in [2.24, 2.45) is 17.3 Å². The molecule has 5 aliphatic carbocycles. The fourth-order valence-corrected chi connectivity index (χ4v) is 8.69. The van der Waals surface area contributed by atoms with Crippen molar-refractivity contribution in [3.05, 3.63) is 186 Å². The van der Waals surface area contributed by atoms with E-state index in [1.165, 1.54) is 49.4 Å². The molecule has 4 aromatic carbocycles. The number of fused-ring (bicyclic) bond motifs is 4. The molecule has 0 heteroatoms. The molecule has 0 saturated heterocycles. The Morgan fingerprint density at radius 2 is 1.23 bits per heavy atom. The van der Waals surface area contributed by atoms with Gasteiger partial charge in [0.15, 0.2) is 0 Å². The van der Waals surface area contributed by atoms with E-state index in [0.717, 1.165) is 12.8 Å². The largest absolute Gasteiger partial charge is 0.0795 e. The highest BCUT2D eigenvalue weighted by molar-refractivity contribution is 6.13. The van der Waals surface area contributed by atoms with Gasteiger partial charge in [-0.1, -0.05) is 164 Å². The Bertz CT molecular complexity index is 1980. The van der Waals surface area contributed by atoms with Crippen LogP contribution in [0.2, 0.25) is 0 Å². The monoisotopic (exact) mass is 550 g/mol. The van der Waals surface area contributed by atoms with Gasteiger partial charge in [0.1, 0.15) is 0 Å². The average molecular weight is 551 g/mol. The van der Waals surface area contributed by atoms with Crippen molar-refractivity contribution in [1.82, 2.24) is 0 Å². The molecule has 206 valence electrons. The lowest BCUT2D eigenvalue weighted by Crippen LogP contribution is -2.21. The second-order valence-corrected chi connectivity index (χ2v) is 12.8. The van der Waals surface area contributed by atoms with Crippen LogP contribution in [0.15, 0.2) is 170 Å². The summed E-state index contributed by atoms with van der Waals surface area (Å²) in [5.74, 6) is 1.22. The first-order chi connectivity index (χ1) is 21.3. The summed E-state index contributed by atoms with van der Waals surface area (Å²) in [5.41, 5.74) is 7.11. The second-order valence-electron chi connectivity index (χ2n) is 12.8. The summed E-state index contributed by atoms with van der Waals surface area (Å²) < 4.78 is 0. The van der Waals surface area contributed by atoms with Gasteiger partial charge in [-0.25, -0.2) is 0 Å². The normalized spacial score (nSPS) is 29.8. The van der Waals surface area contributed by atoms with Crippen LogP contribution in [-0.2, 0) is 5.41 Å². The van der Waals surface area contributed by atoms with Gasteiger partial charge in [-0.2, -0.15) is 0 Å². The molecule has 0 nitrogen and oxygen atoms in total. The van der Waals surface area contributed by atoms with E-state index in [9.17, 15) is 0 Å². The number of benzene rings is 4. The van der Waals surface area contributed by atoms with Gasteiger partial charge < -0.3 is 0 Å². The summed E-state index contributed by atoms with van der Waals surface area (Å²) in [6.45, 7) is 0. The van der Waals surface area contributed by atoms with Crippen LogP contribution in [0.4, 0.5) is 0 Å². The maximum atomic E-state index is 2.53. The lowest BCUT2D eigenvalue weighted by atomic mass is 9.71. The molecule has 0 aromatic heterocycles. The van der Waals surface area contributed by atoms with Crippen LogP contribution in [0.3, 0.4) is 0 Å². The number of allylic oxidation sites excluding steroid dienone is 16. The van der Waals surface area contributed by atoms with E-state index in [0.29, 0.717) is 17.8 Å². The molecule has 0 N–H and O–H groups in total. The number of rotatable bonds is 4. The summed E-state index contributed by atoms with van der Waals surface area (Å²) in [5, 5.41) is 5.52. The van der Waals surface area contributed by atoms with Crippen LogP contribution in [-0.4, -0.2) is 0 Å². The predicted octanol–water partition coefficient (Wildman–Crippen LogP) is 10.7. The van der Waals surface area contributed by atoms with Gasteiger partial charge >= 0.3 is 0 Å². The molecule has 5 atom stereocenters. The van der Waals surface area contributed by atoms with Crippen molar-refractivity contribution in [3.8, 4) is 0 Å². The van der Waals surface area contributed by atoms with Crippen LogP contribution in [0.1, 0.15) is 35.4 Å². The third-order valence-electron chi connectivity index (χ3n) is 10.8. The highest BCUT2D eigenvalue weighted by atomic mass is 14.7. The maximum Gasteiger partial charge on any atom is 0.0291 e. The number of hydrogen-bond donors (Lipinski definition) is 0. The van der Waals surface area contributed by atoms with Crippen LogP contribution in [0.25, 0.3) is 27.1 Å². The first kappa shape index (κ1) is 24.9. The third-order valence-corrected chi connectivity index (χ3v) is 10.8. The van der Waals surface area contributed by atoms with E-state index in [1.54, 1.807) is 0 Å². The predicted molar refractivity (Wildman–Crippen MR) is 182 cm³/mol. The molecule has 9 rings (SSSR count). The SMILES string of the molecule is C1=CC2C=CC=C(c3c4ccccc4c(C45C=CC=CC4(C4=CCC(c6ccccc6)C=C4)C5)c4ccccc34)[C@H]2C=C1. The Hall–Kier alpha value is -4.68.